The topological polar surface area (TPSA) is 52.0 Å². The zero-order chi connectivity index (χ0) is 11.1. The zero-order valence-electron chi connectivity index (χ0n) is 8.73. The molecule has 0 aliphatic rings. The summed E-state index contributed by atoms with van der Waals surface area (Å²) in [6.45, 7) is 1.92. The fourth-order valence-corrected chi connectivity index (χ4v) is 2.78. The van der Waals surface area contributed by atoms with Gasteiger partial charge >= 0.3 is 0 Å². The molecule has 3 aromatic rings. The van der Waals surface area contributed by atoms with Crippen LogP contribution < -0.4 is 5.73 Å². The molecular weight excluding hydrogens is 220 g/mol. The number of thiophene rings is 1. The Kier molecular flexibility index (Phi) is 1.97. The second kappa shape index (κ2) is 3.35. The lowest BCUT2D eigenvalue weighted by atomic mass is 10.2. The van der Waals surface area contributed by atoms with Crippen LogP contribution >= 0.6 is 11.3 Å². The lowest BCUT2D eigenvalue weighted by Gasteiger charge is -1.89. The Hall–Kier alpha value is -1.81. The van der Waals surface area contributed by atoms with Crippen LogP contribution in [0.1, 0.15) is 5.56 Å². The molecule has 4 heteroatoms. The Labute approximate surface area is 96.5 Å². The SMILES string of the molecule is Cc1c(-c2cc3ccccc3s2)noc1N. The average molecular weight is 230 g/mol. The van der Waals surface area contributed by atoms with E-state index in [1.165, 1.54) is 10.1 Å². The van der Waals surface area contributed by atoms with E-state index in [2.05, 4.69) is 23.4 Å². The molecule has 0 spiro atoms. The maximum atomic E-state index is 5.65. The Morgan fingerprint density at radius 2 is 2.12 bits per heavy atom. The van der Waals surface area contributed by atoms with Crippen LogP contribution in [0.5, 0.6) is 0 Å². The van der Waals surface area contributed by atoms with E-state index in [0.29, 0.717) is 5.88 Å². The number of nitrogen functional groups attached to an aromatic ring is 1. The second-order valence-corrected chi connectivity index (χ2v) is 4.75. The molecule has 0 unspecified atom stereocenters. The third-order valence-electron chi connectivity index (χ3n) is 2.62. The van der Waals surface area contributed by atoms with Gasteiger partial charge in [-0.05, 0) is 24.4 Å². The second-order valence-electron chi connectivity index (χ2n) is 3.67. The molecule has 0 radical (unpaired) electrons. The van der Waals surface area contributed by atoms with E-state index in [1.807, 2.05) is 19.1 Å². The van der Waals surface area contributed by atoms with E-state index < -0.39 is 0 Å². The molecule has 0 amide bonds. The summed E-state index contributed by atoms with van der Waals surface area (Å²) in [7, 11) is 0. The summed E-state index contributed by atoms with van der Waals surface area (Å²) < 4.78 is 6.23. The number of fused-ring (bicyclic) bond motifs is 1. The van der Waals surface area contributed by atoms with Crippen molar-refractivity contribution < 1.29 is 4.52 Å². The minimum atomic E-state index is 0.396. The molecule has 0 bridgehead atoms. The first kappa shape index (κ1) is 9.42. The molecule has 3 nitrogen and oxygen atoms in total. The molecule has 80 valence electrons. The van der Waals surface area contributed by atoms with Crippen molar-refractivity contribution >= 4 is 27.3 Å². The van der Waals surface area contributed by atoms with Crippen molar-refractivity contribution in [2.24, 2.45) is 0 Å². The number of nitrogens with zero attached hydrogens (tertiary/aromatic N) is 1. The van der Waals surface area contributed by atoms with Crippen molar-refractivity contribution in [3.8, 4) is 10.6 Å². The highest BCUT2D eigenvalue weighted by molar-refractivity contribution is 7.22. The van der Waals surface area contributed by atoms with E-state index in [4.69, 9.17) is 10.3 Å². The molecular formula is C12H10N2OS. The van der Waals surface area contributed by atoms with Gasteiger partial charge in [-0.15, -0.1) is 11.3 Å². The Bertz CT molecular complexity index is 621. The van der Waals surface area contributed by atoms with Crippen LogP contribution in [-0.2, 0) is 0 Å². The Balaban J connectivity index is 2.23. The highest BCUT2D eigenvalue weighted by Gasteiger charge is 2.13. The highest BCUT2D eigenvalue weighted by atomic mass is 32.1. The van der Waals surface area contributed by atoms with E-state index in [0.717, 1.165) is 16.1 Å². The number of anilines is 1. The Morgan fingerprint density at radius 1 is 1.31 bits per heavy atom. The molecule has 2 heterocycles. The molecule has 2 N–H and O–H groups in total. The number of aromatic nitrogens is 1. The first-order valence-electron chi connectivity index (χ1n) is 4.96. The largest absolute Gasteiger partial charge is 0.367 e. The summed E-state index contributed by atoms with van der Waals surface area (Å²) in [5.74, 6) is 0.396. The zero-order valence-corrected chi connectivity index (χ0v) is 9.54. The van der Waals surface area contributed by atoms with Gasteiger partial charge in [-0.2, -0.15) is 0 Å². The van der Waals surface area contributed by atoms with Gasteiger partial charge in [-0.3, -0.25) is 0 Å². The lowest BCUT2D eigenvalue weighted by molar-refractivity contribution is 0.439. The first-order chi connectivity index (χ1) is 7.75. The third kappa shape index (κ3) is 1.31. The maximum absolute atomic E-state index is 5.65. The number of benzene rings is 1. The van der Waals surface area contributed by atoms with E-state index in [9.17, 15) is 0 Å². The molecule has 3 rings (SSSR count). The van der Waals surface area contributed by atoms with Crippen LogP contribution in [-0.4, -0.2) is 5.16 Å². The maximum Gasteiger partial charge on any atom is 0.225 e. The van der Waals surface area contributed by atoms with Gasteiger partial charge < -0.3 is 10.3 Å². The molecule has 0 aliphatic heterocycles. The molecule has 0 aliphatic carbocycles. The van der Waals surface area contributed by atoms with E-state index in [-0.39, 0.29) is 0 Å². The van der Waals surface area contributed by atoms with Gasteiger partial charge in [0.2, 0.25) is 5.88 Å². The fraction of sp³-hybridized carbons (Fsp3) is 0.0833. The minimum Gasteiger partial charge on any atom is -0.367 e. The van der Waals surface area contributed by atoms with Crippen molar-refractivity contribution in [2.45, 2.75) is 6.92 Å². The van der Waals surface area contributed by atoms with Gasteiger partial charge in [0.15, 0.2) is 0 Å². The van der Waals surface area contributed by atoms with Crippen molar-refractivity contribution in [2.75, 3.05) is 5.73 Å². The standard InChI is InChI=1S/C12H10N2OS/c1-7-11(14-15-12(7)13)10-6-8-4-2-3-5-9(8)16-10/h2-6H,13H2,1H3. The summed E-state index contributed by atoms with van der Waals surface area (Å²) in [6, 6.07) is 10.4. The smallest absolute Gasteiger partial charge is 0.225 e. The summed E-state index contributed by atoms with van der Waals surface area (Å²) >= 11 is 1.70. The van der Waals surface area contributed by atoms with Crippen LogP contribution in [0.4, 0.5) is 5.88 Å². The van der Waals surface area contributed by atoms with E-state index in [1.54, 1.807) is 11.3 Å². The predicted octanol–water partition coefficient (Wildman–Crippen LogP) is 3.45. The summed E-state index contributed by atoms with van der Waals surface area (Å²) in [6.07, 6.45) is 0. The van der Waals surface area contributed by atoms with Crippen molar-refractivity contribution in [3.05, 3.63) is 35.9 Å². The number of hydrogen-bond donors (Lipinski definition) is 1. The average Bonchev–Trinajstić information content (AvgIpc) is 2.84. The fourth-order valence-electron chi connectivity index (χ4n) is 1.68. The van der Waals surface area contributed by atoms with Crippen LogP contribution in [0, 0.1) is 6.92 Å². The van der Waals surface area contributed by atoms with Crippen LogP contribution in [0.3, 0.4) is 0 Å². The number of hydrogen-bond acceptors (Lipinski definition) is 4. The Morgan fingerprint density at radius 3 is 2.81 bits per heavy atom. The first-order valence-corrected chi connectivity index (χ1v) is 5.78. The quantitative estimate of drug-likeness (QED) is 0.696. The molecule has 1 aromatic carbocycles. The van der Waals surface area contributed by atoms with Crippen molar-refractivity contribution in [1.29, 1.82) is 0 Å². The van der Waals surface area contributed by atoms with Crippen LogP contribution in [0.25, 0.3) is 20.7 Å². The van der Waals surface area contributed by atoms with Gasteiger partial charge in [0, 0.05) is 10.3 Å². The molecule has 0 fully saturated rings. The van der Waals surface area contributed by atoms with Crippen molar-refractivity contribution in [1.82, 2.24) is 5.16 Å². The normalized spacial score (nSPS) is 11.1. The van der Waals surface area contributed by atoms with Crippen LogP contribution in [0.2, 0.25) is 0 Å². The molecule has 0 saturated carbocycles. The van der Waals surface area contributed by atoms with Crippen molar-refractivity contribution in [3.63, 3.8) is 0 Å². The van der Waals surface area contributed by atoms with Gasteiger partial charge in [0.25, 0.3) is 0 Å². The molecule has 0 atom stereocenters. The van der Waals surface area contributed by atoms with Crippen LogP contribution in [0.15, 0.2) is 34.9 Å². The predicted molar refractivity (Wildman–Crippen MR) is 66.5 cm³/mol. The molecule has 0 saturated heterocycles. The summed E-state index contributed by atoms with van der Waals surface area (Å²) in [4.78, 5) is 1.10. The van der Waals surface area contributed by atoms with Gasteiger partial charge in [-0.1, -0.05) is 23.4 Å². The van der Waals surface area contributed by atoms with Gasteiger partial charge in [0.1, 0.15) is 5.69 Å². The highest BCUT2D eigenvalue weighted by Crippen LogP contribution is 2.35. The number of nitrogens with two attached hydrogens (primary N) is 1. The van der Waals surface area contributed by atoms with Gasteiger partial charge in [-0.25, -0.2) is 0 Å². The summed E-state index contributed by atoms with van der Waals surface area (Å²) in [5.41, 5.74) is 7.40. The minimum absolute atomic E-state index is 0.396. The third-order valence-corrected chi connectivity index (χ3v) is 3.74. The molecule has 2 aromatic heterocycles. The van der Waals surface area contributed by atoms with Gasteiger partial charge in [0.05, 0.1) is 4.88 Å². The molecule has 16 heavy (non-hydrogen) atoms. The monoisotopic (exact) mass is 230 g/mol. The lowest BCUT2D eigenvalue weighted by Crippen LogP contribution is -1.83. The summed E-state index contributed by atoms with van der Waals surface area (Å²) in [5, 5.41) is 5.22. The van der Waals surface area contributed by atoms with E-state index >= 15 is 0 Å². The number of rotatable bonds is 1.